The molecule has 148 valence electrons. The molecule has 0 bridgehead atoms. The van der Waals surface area contributed by atoms with Crippen LogP contribution in [0.3, 0.4) is 0 Å². The van der Waals surface area contributed by atoms with Crippen LogP contribution in [-0.4, -0.2) is 37.2 Å². The van der Waals surface area contributed by atoms with Gasteiger partial charge in [-0.05, 0) is 29.8 Å². The van der Waals surface area contributed by atoms with Gasteiger partial charge in [0.05, 0.1) is 29.3 Å². The molecule has 2 atom stereocenters. The molecule has 2 aromatic rings. The van der Waals surface area contributed by atoms with Gasteiger partial charge < -0.3 is 4.90 Å². The number of sulfone groups is 1. The minimum atomic E-state index is -3.26. The molecule has 4 rings (SSSR count). The van der Waals surface area contributed by atoms with Gasteiger partial charge in [-0.15, -0.1) is 0 Å². The van der Waals surface area contributed by atoms with Crippen LogP contribution in [0.1, 0.15) is 5.56 Å². The lowest BCUT2D eigenvalue weighted by Crippen LogP contribution is -2.39. The highest BCUT2D eigenvalue weighted by molar-refractivity contribution is 8.13. The van der Waals surface area contributed by atoms with Crippen LogP contribution in [0.2, 0.25) is 10.0 Å². The van der Waals surface area contributed by atoms with Crippen LogP contribution < -0.4 is 4.90 Å². The maximum Gasteiger partial charge on any atom is 0.164 e. The summed E-state index contributed by atoms with van der Waals surface area (Å²) in [5, 5.41) is 1.51. The van der Waals surface area contributed by atoms with Gasteiger partial charge in [0.25, 0.3) is 0 Å². The second-order valence-electron chi connectivity index (χ2n) is 6.61. The van der Waals surface area contributed by atoms with Crippen molar-refractivity contribution in [2.45, 2.75) is 17.8 Å². The van der Waals surface area contributed by atoms with Crippen LogP contribution in [-0.2, 0) is 15.6 Å². The molecular weight excluding hydrogens is 449 g/mol. The van der Waals surface area contributed by atoms with E-state index in [1.807, 2.05) is 0 Å². The Kier molecular flexibility index (Phi) is 5.33. The third kappa shape index (κ3) is 3.87. The summed E-state index contributed by atoms with van der Waals surface area (Å²) in [6.07, 6.45) is 0. The molecule has 0 amide bonds. The van der Waals surface area contributed by atoms with E-state index in [1.165, 1.54) is 17.8 Å². The molecule has 0 N–H and O–H groups in total. The van der Waals surface area contributed by atoms with Crippen LogP contribution in [0.4, 0.5) is 14.5 Å². The molecule has 10 heteroatoms. The molecule has 1 fully saturated rings. The van der Waals surface area contributed by atoms with Crippen molar-refractivity contribution in [3.8, 4) is 0 Å². The minimum Gasteiger partial charge on any atom is -0.312 e. The molecule has 0 saturated carbocycles. The molecule has 0 unspecified atom stereocenters. The molecular formula is C18H14Cl2F2N2O2S2. The average Bonchev–Trinajstić information content (AvgIpc) is 3.06. The van der Waals surface area contributed by atoms with Gasteiger partial charge in [0, 0.05) is 21.9 Å². The van der Waals surface area contributed by atoms with E-state index < -0.39 is 33.6 Å². The minimum absolute atomic E-state index is 0.0806. The molecule has 0 aliphatic carbocycles. The highest BCUT2D eigenvalue weighted by Gasteiger charge is 2.47. The SMILES string of the molecule is O=S1(=O)C[C@@H]2N=C(SCc3ccc(Cl)cc3Cl)N(c3ccc(F)cc3F)[C@H]2C1. The summed E-state index contributed by atoms with van der Waals surface area (Å²) in [4.78, 5) is 6.09. The summed E-state index contributed by atoms with van der Waals surface area (Å²) in [5.41, 5.74) is 0.933. The van der Waals surface area contributed by atoms with E-state index in [9.17, 15) is 17.2 Å². The van der Waals surface area contributed by atoms with E-state index in [4.69, 9.17) is 23.2 Å². The summed E-state index contributed by atoms with van der Waals surface area (Å²) in [6, 6.07) is 7.40. The zero-order valence-electron chi connectivity index (χ0n) is 14.3. The number of anilines is 1. The Hall–Kier alpha value is -1.35. The van der Waals surface area contributed by atoms with Crippen molar-refractivity contribution in [1.29, 1.82) is 0 Å². The van der Waals surface area contributed by atoms with E-state index in [1.54, 1.807) is 23.1 Å². The Labute approximate surface area is 175 Å². The molecule has 4 nitrogen and oxygen atoms in total. The molecule has 0 aromatic heterocycles. The van der Waals surface area contributed by atoms with Crippen molar-refractivity contribution in [3.63, 3.8) is 0 Å². The predicted octanol–water partition coefficient (Wildman–Crippen LogP) is 4.55. The summed E-state index contributed by atoms with van der Waals surface area (Å²) in [5.74, 6) is -1.22. The Morgan fingerprint density at radius 1 is 1.14 bits per heavy atom. The summed E-state index contributed by atoms with van der Waals surface area (Å²) in [6.45, 7) is 0. The topological polar surface area (TPSA) is 49.7 Å². The maximum absolute atomic E-state index is 14.5. The van der Waals surface area contributed by atoms with Gasteiger partial charge >= 0.3 is 0 Å². The van der Waals surface area contributed by atoms with E-state index in [0.29, 0.717) is 21.0 Å². The molecule has 2 aliphatic rings. The summed E-state index contributed by atoms with van der Waals surface area (Å²) in [7, 11) is -3.26. The number of rotatable bonds is 3. The smallest absolute Gasteiger partial charge is 0.164 e. The zero-order chi connectivity index (χ0) is 20.1. The Morgan fingerprint density at radius 2 is 1.93 bits per heavy atom. The number of nitrogens with zero attached hydrogens (tertiary/aromatic N) is 2. The number of thioether (sulfide) groups is 1. The van der Waals surface area contributed by atoms with Crippen molar-refractivity contribution in [3.05, 3.63) is 63.6 Å². The third-order valence-electron chi connectivity index (χ3n) is 4.65. The van der Waals surface area contributed by atoms with Gasteiger partial charge in [-0.1, -0.05) is 41.0 Å². The monoisotopic (exact) mass is 462 g/mol. The zero-order valence-corrected chi connectivity index (χ0v) is 17.4. The highest BCUT2D eigenvalue weighted by Crippen LogP contribution is 2.37. The molecule has 1 saturated heterocycles. The molecule has 2 aromatic carbocycles. The molecule has 2 aliphatic heterocycles. The van der Waals surface area contributed by atoms with Gasteiger partial charge in [-0.25, -0.2) is 17.2 Å². The van der Waals surface area contributed by atoms with Gasteiger partial charge in [0.15, 0.2) is 15.0 Å². The number of benzene rings is 2. The van der Waals surface area contributed by atoms with Crippen molar-refractivity contribution in [2.24, 2.45) is 4.99 Å². The van der Waals surface area contributed by atoms with Crippen LogP contribution in [0.25, 0.3) is 0 Å². The van der Waals surface area contributed by atoms with Crippen molar-refractivity contribution in [2.75, 3.05) is 16.4 Å². The molecule has 2 heterocycles. The van der Waals surface area contributed by atoms with E-state index >= 15 is 0 Å². The van der Waals surface area contributed by atoms with Crippen molar-refractivity contribution < 1.29 is 17.2 Å². The summed E-state index contributed by atoms with van der Waals surface area (Å²) < 4.78 is 51.9. The fourth-order valence-electron chi connectivity index (χ4n) is 3.37. The predicted molar refractivity (Wildman–Crippen MR) is 110 cm³/mol. The van der Waals surface area contributed by atoms with Gasteiger partial charge in [-0.3, -0.25) is 4.99 Å². The molecule has 0 radical (unpaired) electrons. The van der Waals surface area contributed by atoms with Gasteiger partial charge in [0.1, 0.15) is 11.6 Å². The molecule has 28 heavy (non-hydrogen) atoms. The first-order valence-corrected chi connectivity index (χ1v) is 11.9. The number of amidine groups is 1. The third-order valence-corrected chi connectivity index (χ3v) is 7.95. The summed E-state index contributed by atoms with van der Waals surface area (Å²) >= 11 is 13.5. The second-order valence-corrected chi connectivity index (χ2v) is 10.6. The fourth-order valence-corrected chi connectivity index (χ4v) is 6.89. The molecule has 0 spiro atoms. The van der Waals surface area contributed by atoms with E-state index in [0.717, 1.165) is 17.7 Å². The van der Waals surface area contributed by atoms with Crippen LogP contribution in [0.15, 0.2) is 41.4 Å². The van der Waals surface area contributed by atoms with Crippen LogP contribution in [0.5, 0.6) is 0 Å². The van der Waals surface area contributed by atoms with Crippen LogP contribution in [0, 0.1) is 11.6 Å². The fraction of sp³-hybridized carbons (Fsp3) is 0.278. The number of fused-ring (bicyclic) bond motifs is 1. The lowest BCUT2D eigenvalue weighted by Gasteiger charge is -2.27. The number of aliphatic imine (C=N–C) groups is 1. The number of halogens is 4. The Morgan fingerprint density at radius 3 is 2.64 bits per heavy atom. The first-order valence-electron chi connectivity index (χ1n) is 8.33. The first kappa shape index (κ1) is 19.9. The lowest BCUT2D eigenvalue weighted by atomic mass is 10.1. The maximum atomic E-state index is 14.5. The first-order chi connectivity index (χ1) is 13.2. The van der Waals surface area contributed by atoms with E-state index in [2.05, 4.69) is 4.99 Å². The quantitative estimate of drug-likeness (QED) is 0.671. The average molecular weight is 463 g/mol. The van der Waals surface area contributed by atoms with Crippen molar-refractivity contribution in [1.82, 2.24) is 0 Å². The van der Waals surface area contributed by atoms with Crippen LogP contribution >= 0.6 is 35.0 Å². The van der Waals surface area contributed by atoms with Gasteiger partial charge in [0.2, 0.25) is 0 Å². The second kappa shape index (κ2) is 7.48. The number of hydrogen-bond acceptors (Lipinski definition) is 5. The highest BCUT2D eigenvalue weighted by atomic mass is 35.5. The Bertz CT molecular complexity index is 1080. The largest absolute Gasteiger partial charge is 0.312 e. The van der Waals surface area contributed by atoms with E-state index in [-0.39, 0.29) is 17.2 Å². The lowest BCUT2D eigenvalue weighted by molar-refractivity contribution is 0.577. The number of hydrogen-bond donors (Lipinski definition) is 0. The normalized spacial score (nSPS) is 23.0. The van der Waals surface area contributed by atoms with Crippen molar-refractivity contribution >= 4 is 55.7 Å². The standard InChI is InChI=1S/C18H14Cl2F2N2O2S2/c19-11-2-1-10(13(20)5-11)7-27-18-23-15-8-28(25,26)9-17(15)24(18)16-4-3-12(21)6-14(16)22/h1-6,15,17H,7-9H2/t15-,17-/m0/s1. The Balaban J connectivity index is 1.65. The van der Waals surface area contributed by atoms with Gasteiger partial charge in [-0.2, -0.15) is 0 Å².